The Morgan fingerprint density at radius 3 is 2.32 bits per heavy atom. The van der Waals surface area contributed by atoms with Crippen molar-refractivity contribution in [1.29, 1.82) is 0 Å². The van der Waals surface area contributed by atoms with E-state index in [-0.39, 0.29) is 5.70 Å². The van der Waals surface area contributed by atoms with Crippen LogP contribution in [0.1, 0.15) is 22.3 Å². The number of halogens is 3. The number of benzene rings is 3. The van der Waals surface area contributed by atoms with Crippen LogP contribution in [0, 0.1) is 6.92 Å². The minimum atomic E-state index is -0.481. The molecule has 0 fully saturated rings. The van der Waals surface area contributed by atoms with Gasteiger partial charge in [0, 0.05) is 10.6 Å². The number of hydrogen-bond acceptors (Lipinski definition) is 4. The topological polar surface area (TPSA) is 47.9 Å². The predicted octanol–water partition coefficient (Wildman–Crippen LogP) is 7.10. The first-order chi connectivity index (χ1) is 14.9. The van der Waals surface area contributed by atoms with Crippen LogP contribution in [-0.2, 0) is 16.1 Å². The van der Waals surface area contributed by atoms with Crippen LogP contribution in [0.3, 0.4) is 0 Å². The molecule has 7 heteroatoms. The Labute approximate surface area is 201 Å². The molecule has 0 spiro atoms. The molecule has 1 heterocycles. The summed E-state index contributed by atoms with van der Waals surface area (Å²) in [5.41, 5.74) is 3.90. The molecule has 0 atom stereocenters. The second-order valence-electron chi connectivity index (χ2n) is 6.93. The van der Waals surface area contributed by atoms with Crippen molar-refractivity contribution in [3.63, 3.8) is 0 Å². The number of nitrogens with zero attached hydrogens (tertiary/aromatic N) is 1. The van der Waals surface area contributed by atoms with Gasteiger partial charge < -0.3 is 9.47 Å². The van der Waals surface area contributed by atoms with E-state index in [0.29, 0.717) is 23.3 Å². The third-order valence-corrected chi connectivity index (χ3v) is 5.97. The van der Waals surface area contributed by atoms with Gasteiger partial charge in [-0.1, -0.05) is 41.4 Å². The fourth-order valence-corrected chi connectivity index (χ4v) is 4.50. The number of ether oxygens (including phenoxy) is 2. The van der Waals surface area contributed by atoms with Gasteiger partial charge in [0.25, 0.3) is 0 Å². The zero-order valence-corrected chi connectivity index (χ0v) is 20.3. The van der Waals surface area contributed by atoms with Crippen LogP contribution in [0.15, 0.2) is 80.3 Å². The zero-order valence-electron chi connectivity index (χ0n) is 16.4. The quantitative estimate of drug-likeness (QED) is 0.247. The van der Waals surface area contributed by atoms with Crippen molar-refractivity contribution < 1.29 is 14.3 Å². The lowest BCUT2D eigenvalue weighted by Gasteiger charge is -2.11. The van der Waals surface area contributed by atoms with Crippen molar-refractivity contribution in [2.75, 3.05) is 0 Å². The van der Waals surface area contributed by atoms with E-state index < -0.39 is 5.97 Å². The van der Waals surface area contributed by atoms with Gasteiger partial charge in [0.15, 0.2) is 5.70 Å². The second-order valence-corrected chi connectivity index (χ2v) is 9.08. The highest BCUT2D eigenvalue weighted by atomic mass is 79.9. The Morgan fingerprint density at radius 2 is 1.68 bits per heavy atom. The van der Waals surface area contributed by atoms with Crippen LogP contribution < -0.4 is 4.74 Å². The second kappa shape index (κ2) is 9.39. The van der Waals surface area contributed by atoms with Crippen molar-refractivity contribution in [2.24, 2.45) is 4.99 Å². The lowest BCUT2D eigenvalue weighted by Crippen LogP contribution is -2.05. The van der Waals surface area contributed by atoms with Gasteiger partial charge in [0.2, 0.25) is 5.90 Å². The summed E-state index contributed by atoms with van der Waals surface area (Å²) in [7, 11) is 0. The number of hydrogen-bond donors (Lipinski definition) is 0. The summed E-state index contributed by atoms with van der Waals surface area (Å²) in [6.07, 6.45) is 1.68. The summed E-state index contributed by atoms with van der Waals surface area (Å²) in [6.45, 7) is 2.39. The van der Waals surface area contributed by atoms with E-state index in [1.807, 2.05) is 67.6 Å². The van der Waals surface area contributed by atoms with Gasteiger partial charge in [-0.25, -0.2) is 9.79 Å². The van der Waals surface area contributed by atoms with Crippen LogP contribution in [-0.4, -0.2) is 11.9 Å². The van der Waals surface area contributed by atoms with E-state index in [1.54, 1.807) is 6.08 Å². The van der Waals surface area contributed by atoms with Gasteiger partial charge in [0.1, 0.15) is 12.4 Å². The molecule has 0 saturated heterocycles. The van der Waals surface area contributed by atoms with Gasteiger partial charge in [-0.2, -0.15) is 0 Å². The van der Waals surface area contributed by atoms with Gasteiger partial charge >= 0.3 is 5.97 Å². The lowest BCUT2D eigenvalue weighted by atomic mass is 10.1. The molecule has 0 bridgehead atoms. The highest BCUT2D eigenvalue weighted by Crippen LogP contribution is 2.36. The van der Waals surface area contributed by atoms with Crippen molar-refractivity contribution in [2.45, 2.75) is 13.5 Å². The fraction of sp³-hybridized carbons (Fsp3) is 0.0833. The highest BCUT2D eigenvalue weighted by molar-refractivity contribution is 9.11. The average Bonchev–Trinajstić information content (AvgIpc) is 3.09. The van der Waals surface area contributed by atoms with Crippen molar-refractivity contribution >= 4 is 61.4 Å². The summed E-state index contributed by atoms with van der Waals surface area (Å²) in [6, 6.07) is 18.9. The normalized spacial score (nSPS) is 14.5. The Hall–Kier alpha value is -2.41. The van der Waals surface area contributed by atoms with Crippen LogP contribution >= 0.6 is 43.5 Å². The number of esters is 1. The van der Waals surface area contributed by atoms with E-state index in [0.717, 1.165) is 31.2 Å². The lowest BCUT2D eigenvalue weighted by molar-refractivity contribution is -0.129. The van der Waals surface area contributed by atoms with Gasteiger partial charge in [-0.15, -0.1) is 0 Å². The summed E-state index contributed by atoms with van der Waals surface area (Å²) < 4.78 is 12.8. The summed E-state index contributed by atoms with van der Waals surface area (Å²) in [4.78, 5) is 16.6. The molecular weight excluding hydrogens is 546 g/mol. The summed E-state index contributed by atoms with van der Waals surface area (Å²) in [5, 5.41) is 0.683. The number of carbonyl (C=O) groups excluding carboxylic acids is 1. The van der Waals surface area contributed by atoms with E-state index >= 15 is 0 Å². The number of aliphatic imine (C=N–C) groups is 1. The van der Waals surface area contributed by atoms with E-state index in [2.05, 4.69) is 36.9 Å². The molecule has 156 valence electrons. The van der Waals surface area contributed by atoms with Crippen LogP contribution in [0.25, 0.3) is 6.08 Å². The largest absolute Gasteiger partial charge is 0.487 e. The minimum Gasteiger partial charge on any atom is -0.487 e. The van der Waals surface area contributed by atoms with Crippen molar-refractivity contribution in [3.05, 3.63) is 103 Å². The van der Waals surface area contributed by atoms with E-state index in [9.17, 15) is 4.79 Å². The Morgan fingerprint density at radius 1 is 1.03 bits per heavy atom. The molecule has 0 amide bonds. The van der Waals surface area contributed by atoms with Crippen LogP contribution in [0.4, 0.5) is 0 Å². The summed E-state index contributed by atoms with van der Waals surface area (Å²) in [5.74, 6) is 0.484. The number of rotatable bonds is 5. The Kier molecular flexibility index (Phi) is 6.60. The first-order valence-electron chi connectivity index (χ1n) is 9.35. The first kappa shape index (κ1) is 21.8. The molecule has 31 heavy (non-hydrogen) atoms. The fourth-order valence-electron chi connectivity index (χ4n) is 2.92. The smallest absolute Gasteiger partial charge is 0.363 e. The monoisotopic (exact) mass is 559 g/mol. The first-order valence-corrected chi connectivity index (χ1v) is 11.3. The molecule has 4 rings (SSSR count). The molecule has 0 unspecified atom stereocenters. The third kappa shape index (κ3) is 5.26. The summed E-state index contributed by atoms with van der Waals surface area (Å²) >= 11 is 13.0. The maximum absolute atomic E-state index is 12.3. The SMILES string of the molecule is Cc1ccc(C2=N/C(=C\c3cc(Br)c(OCc4ccc(Cl)cc4)c(Br)c3)C(=O)O2)cc1. The number of cyclic esters (lactones) is 1. The molecule has 1 aliphatic heterocycles. The average molecular weight is 562 g/mol. The van der Waals surface area contributed by atoms with Crippen molar-refractivity contribution in [3.8, 4) is 5.75 Å². The van der Waals surface area contributed by atoms with Gasteiger partial charge in [0.05, 0.1) is 8.95 Å². The minimum absolute atomic E-state index is 0.240. The molecule has 1 aliphatic rings. The highest BCUT2D eigenvalue weighted by Gasteiger charge is 2.24. The van der Waals surface area contributed by atoms with Crippen LogP contribution in [0.2, 0.25) is 5.02 Å². The number of carbonyl (C=O) groups is 1. The molecule has 0 aromatic heterocycles. The molecular formula is C24H16Br2ClNO3. The maximum atomic E-state index is 12.3. The predicted molar refractivity (Wildman–Crippen MR) is 129 cm³/mol. The Balaban J connectivity index is 1.54. The molecule has 3 aromatic carbocycles. The van der Waals surface area contributed by atoms with E-state index in [1.165, 1.54) is 0 Å². The zero-order chi connectivity index (χ0) is 22.0. The molecule has 0 N–H and O–H groups in total. The molecule has 0 saturated carbocycles. The number of aryl methyl sites for hydroxylation is 1. The molecule has 3 aromatic rings. The molecule has 0 radical (unpaired) electrons. The van der Waals surface area contributed by atoms with Gasteiger partial charge in [-0.05, 0) is 92.4 Å². The maximum Gasteiger partial charge on any atom is 0.363 e. The Bertz CT molecular complexity index is 1180. The van der Waals surface area contributed by atoms with E-state index in [4.69, 9.17) is 21.1 Å². The molecule has 4 nitrogen and oxygen atoms in total. The standard InChI is InChI=1S/C24H16Br2ClNO3/c1-14-2-6-17(7-3-14)23-28-21(24(29)31-23)12-16-10-19(25)22(20(26)11-16)30-13-15-4-8-18(27)9-5-15/h2-12H,13H2,1H3/b21-12-. The van der Waals surface area contributed by atoms with Gasteiger partial charge in [-0.3, -0.25) is 0 Å². The third-order valence-electron chi connectivity index (χ3n) is 4.54. The van der Waals surface area contributed by atoms with Crippen LogP contribution in [0.5, 0.6) is 5.75 Å². The van der Waals surface area contributed by atoms with Crippen molar-refractivity contribution in [1.82, 2.24) is 0 Å². The molecule has 0 aliphatic carbocycles.